The summed E-state index contributed by atoms with van der Waals surface area (Å²) >= 11 is 1.44. The number of ether oxygens (including phenoxy) is 1. The Labute approximate surface area is 153 Å². The molecule has 0 aliphatic carbocycles. The van der Waals surface area contributed by atoms with Gasteiger partial charge in [-0.1, -0.05) is 18.7 Å². The molecule has 7 nitrogen and oxygen atoms in total. The molecule has 0 bridgehead atoms. The first-order chi connectivity index (χ1) is 12.4. The van der Waals surface area contributed by atoms with Crippen molar-refractivity contribution < 1.29 is 9.53 Å². The van der Waals surface area contributed by atoms with Gasteiger partial charge in [0.1, 0.15) is 12.4 Å². The maximum Gasteiger partial charge on any atom is 0.337 e. The molecule has 1 atom stereocenters. The first-order valence-corrected chi connectivity index (χ1v) is 8.85. The van der Waals surface area contributed by atoms with Crippen molar-refractivity contribution in [3.8, 4) is 0 Å². The monoisotopic (exact) mass is 373 g/mol. The molecule has 8 heteroatoms. The van der Waals surface area contributed by atoms with E-state index >= 15 is 0 Å². The van der Waals surface area contributed by atoms with Crippen molar-refractivity contribution in [2.75, 3.05) is 11.9 Å². The minimum Gasteiger partial charge on any atom is -0.458 e. The Morgan fingerprint density at radius 3 is 2.73 bits per heavy atom. The van der Waals surface area contributed by atoms with Crippen LogP contribution >= 0.6 is 11.3 Å². The fourth-order valence-electron chi connectivity index (χ4n) is 3.11. The Morgan fingerprint density at radius 1 is 1.38 bits per heavy atom. The molecule has 0 radical (unpaired) electrons. The Morgan fingerprint density at radius 2 is 2.12 bits per heavy atom. The van der Waals surface area contributed by atoms with Gasteiger partial charge in [0.05, 0.1) is 17.1 Å². The van der Waals surface area contributed by atoms with Gasteiger partial charge in [0, 0.05) is 24.7 Å². The number of nitrogens with zero attached hydrogens (tertiary/aromatic N) is 2. The van der Waals surface area contributed by atoms with Gasteiger partial charge in [0.15, 0.2) is 0 Å². The molecule has 3 heterocycles. The average molecular weight is 373 g/mol. The molecule has 1 N–H and O–H groups in total. The Kier molecular flexibility index (Phi) is 4.69. The Hall–Kier alpha value is -2.87. The van der Waals surface area contributed by atoms with Crippen molar-refractivity contribution in [1.82, 2.24) is 9.13 Å². The zero-order chi connectivity index (χ0) is 19.0. The second-order valence-corrected chi connectivity index (χ2v) is 6.95. The van der Waals surface area contributed by atoms with Crippen molar-refractivity contribution in [2.24, 2.45) is 14.1 Å². The quantitative estimate of drug-likeness (QED) is 0.652. The van der Waals surface area contributed by atoms with Crippen LogP contribution in [0.5, 0.6) is 0 Å². The van der Waals surface area contributed by atoms with Crippen LogP contribution in [0, 0.1) is 0 Å². The van der Waals surface area contributed by atoms with E-state index in [-0.39, 0.29) is 6.61 Å². The highest BCUT2D eigenvalue weighted by molar-refractivity contribution is 7.10. The van der Waals surface area contributed by atoms with E-state index in [1.54, 1.807) is 14.0 Å². The van der Waals surface area contributed by atoms with Gasteiger partial charge in [-0.2, -0.15) is 0 Å². The van der Waals surface area contributed by atoms with E-state index in [0.717, 1.165) is 9.44 Å². The maximum atomic E-state index is 12.9. The van der Waals surface area contributed by atoms with Crippen molar-refractivity contribution in [3.05, 3.63) is 72.7 Å². The molecule has 136 valence electrons. The molecule has 0 saturated carbocycles. The lowest BCUT2D eigenvalue weighted by Crippen LogP contribution is -2.43. The lowest BCUT2D eigenvalue weighted by Gasteiger charge is -2.30. The summed E-state index contributed by atoms with van der Waals surface area (Å²) < 4.78 is 7.67. The topological polar surface area (TPSA) is 82.3 Å². The Balaban J connectivity index is 2.31. The number of thiophene rings is 1. The average Bonchev–Trinajstić information content (AvgIpc) is 3.16. The lowest BCUT2D eigenvalue weighted by molar-refractivity contribution is -0.138. The smallest absolute Gasteiger partial charge is 0.337 e. The summed E-state index contributed by atoms with van der Waals surface area (Å²) in [6, 6.07) is 3.72. The molecule has 0 fully saturated rings. The minimum absolute atomic E-state index is 0.0743. The molecule has 0 saturated heterocycles. The summed E-state index contributed by atoms with van der Waals surface area (Å²) in [7, 11) is 3.02. The minimum atomic E-state index is -0.603. The molecule has 2 aromatic heterocycles. The number of esters is 1. The summed E-state index contributed by atoms with van der Waals surface area (Å²) in [5, 5.41) is 4.92. The molecule has 1 aliphatic rings. The van der Waals surface area contributed by atoms with Crippen LogP contribution in [-0.2, 0) is 23.6 Å². The van der Waals surface area contributed by atoms with Crippen molar-refractivity contribution in [3.63, 3.8) is 0 Å². The molecule has 1 aliphatic heterocycles. The van der Waals surface area contributed by atoms with Gasteiger partial charge in [0.25, 0.3) is 5.56 Å². The van der Waals surface area contributed by atoms with E-state index in [1.165, 1.54) is 29.0 Å². The van der Waals surface area contributed by atoms with Gasteiger partial charge < -0.3 is 10.1 Å². The van der Waals surface area contributed by atoms with Crippen LogP contribution < -0.4 is 16.6 Å². The number of fused-ring (bicyclic) bond motifs is 1. The highest BCUT2D eigenvalue weighted by atomic mass is 32.1. The number of anilines is 1. The summed E-state index contributed by atoms with van der Waals surface area (Å²) in [5.74, 6) is -0.724. The number of allylic oxidation sites excluding steroid dienone is 1. The predicted molar refractivity (Wildman–Crippen MR) is 101 cm³/mol. The number of hydrogen-bond donors (Lipinski definition) is 1. The van der Waals surface area contributed by atoms with Crippen LogP contribution in [0.25, 0.3) is 0 Å². The molecule has 0 aromatic carbocycles. The van der Waals surface area contributed by atoms with E-state index < -0.39 is 23.1 Å². The Bertz CT molecular complexity index is 1030. The van der Waals surface area contributed by atoms with Crippen LogP contribution in [0.2, 0.25) is 0 Å². The molecule has 3 rings (SSSR count). The van der Waals surface area contributed by atoms with Crippen molar-refractivity contribution >= 4 is 23.1 Å². The highest BCUT2D eigenvalue weighted by Gasteiger charge is 2.37. The van der Waals surface area contributed by atoms with Gasteiger partial charge in [-0.05, 0) is 18.4 Å². The summed E-state index contributed by atoms with van der Waals surface area (Å²) in [6.45, 7) is 5.36. The van der Waals surface area contributed by atoms with Crippen LogP contribution in [0.4, 0.5) is 5.82 Å². The molecular weight excluding hydrogens is 354 g/mol. The number of aromatic nitrogens is 2. The SMILES string of the molecule is C=CCOC(=O)C1=C(C)Nc2c(c(=O)n(C)c(=O)n2C)[C@H]1c1cccs1. The van der Waals surface area contributed by atoms with E-state index in [0.29, 0.717) is 22.7 Å². The number of rotatable bonds is 4. The highest BCUT2D eigenvalue weighted by Crippen LogP contribution is 2.41. The molecule has 26 heavy (non-hydrogen) atoms. The zero-order valence-electron chi connectivity index (χ0n) is 14.7. The van der Waals surface area contributed by atoms with Crippen LogP contribution in [-0.4, -0.2) is 21.7 Å². The van der Waals surface area contributed by atoms with Gasteiger partial charge in [-0.15, -0.1) is 11.3 Å². The molecule has 2 aromatic rings. The number of hydrogen-bond acceptors (Lipinski definition) is 6. The third kappa shape index (κ3) is 2.72. The second-order valence-electron chi connectivity index (χ2n) is 5.97. The zero-order valence-corrected chi connectivity index (χ0v) is 15.6. The third-order valence-electron chi connectivity index (χ3n) is 4.37. The number of carbonyl (C=O) groups excluding carboxylic acids is 1. The van der Waals surface area contributed by atoms with E-state index in [4.69, 9.17) is 4.74 Å². The first-order valence-electron chi connectivity index (χ1n) is 7.97. The van der Waals surface area contributed by atoms with Crippen molar-refractivity contribution in [2.45, 2.75) is 12.8 Å². The van der Waals surface area contributed by atoms with Crippen LogP contribution in [0.3, 0.4) is 0 Å². The van der Waals surface area contributed by atoms with Crippen molar-refractivity contribution in [1.29, 1.82) is 0 Å². The lowest BCUT2D eigenvalue weighted by atomic mass is 9.86. The van der Waals surface area contributed by atoms with Gasteiger partial charge in [-0.25, -0.2) is 9.59 Å². The number of carbonyl (C=O) groups is 1. The first kappa shape index (κ1) is 17.9. The maximum absolute atomic E-state index is 12.9. The van der Waals surface area contributed by atoms with E-state index in [9.17, 15) is 14.4 Å². The fourth-order valence-corrected chi connectivity index (χ4v) is 3.95. The van der Waals surface area contributed by atoms with Crippen LogP contribution in [0.15, 0.2) is 51.0 Å². The van der Waals surface area contributed by atoms with Crippen LogP contribution in [0.1, 0.15) is 23.3 Å². The van der Waals surface area contributed by atoms with Gasteiger partial charge in [0.2, 0.25) is 0 Å². The van der Waals surface area contributed by atoms with E-state index in [2.05, 4.69) is 11.9 Å². The predicted octanol–water partition coefficient (Wildman–Crippen LogP) is 1.71. The van der Waals surface area contributed by atoms with Gasteiger partial charge >= 0.3 is 11.7 Å². The van der Waals surface area contributed by atoms with Gasteiger partial charge in [-0.3, -0.25) is 13.9 Å². The summed E-state index contributed by atoms with van der Waals surface area (Å²) in [4.78, 5) is 38.7. The standard InChI is InChI=1S/C18H19N3O4S/c1-5-8-25-17(23)12-10(2)19-15-14(13(12)11-7-6-9-26-11)16(22)21(4)18(24)20(15)3/h5-7,9,13,19H,1,8H2,2-4H3/t13-/m0/s1. The normalized spacial score (nSPS) is 16.0. The fraction of sp³-hybridized carbons (Fsp3) is 0.278. The van der Waals surface area contributed by atoms with E-state index in [1.807, 2.05) is 17.5 Å². The molecule has 0 spiro atoms. The molecule has 0 unspecified atom stereocenters. The summed E-state index contributed by atoms with van der Waals surface area (Å²) in [6.07, 6.45) is 1.49. The second kappa shape index (κ2) is 6.80. The molecular formula is C18H19N3O4S. The third-order valence-corrected chi connectivity index (χ3v) is 5.30. The largest absolute Gasteiger partial charge is 0.458 e. The molecule has 0 amide bonds. The summed E-state index contributed by atoms with van der Waals surface area (Å²) in [5.41, 5.74) is 0.395. The number of nitrogens with one attached hydrogen (secondary N) is 1.